The predicted molar refractivity (Wildman–Crippen MR) is 76.7 cm³/mol. The van der Waals surface area contributed by atoms with Gasteiger partial charge in [0.05, 0.1) is 17.0 Å². The number of nitrogens with two attached hydrogens (primary N) is 1. The first-order valence-corrected chi connectivity index (χ1v) is 8.08. The summed E-state index contributed by atoms with van der Waals surface area (Å²) in [5.41, 5.74) is 6.79. The van der Waals surface area contributed by atoms with Gasteiger partial charge in [-0.2, -0.15) is 0 Å². The minimum absolute atomic E-state index is 0.00544. The Morgan fingerprint density at radius 2 is 1.79 bits per heavy atom. The van der Waals surface area contributed by atoms with Gasteiger partial charge < -0.3 is 5.73 Å². The van der Waals surface area contributed by atoms with E-state index in [1.807, 2.05) is 30.3 Å². The van der Waals surface area contributed by atoms with Gasteiger partial charge in [-0.05, 0) is 25.8 Å². The van der Waals surface area contributed by atoms with E-state index in [1.54, 1.807) is 13.8 Å². The fourth-order valence-corrected chi connectivity index (χ4v) is 2.60. The van der Waals surface area contributed by atoms with Crippen LogP contribution in [-0.4, -0.2) is 31.2 Å². The molecule has 0 heterocycles. The third-order valence-electron chi connectivity index (χ3n) is 3.06. The third kappa shape index (κ3) is 5.12. The van der Waals surface area contributed by atoms with Crippen LogP contribution < -0.4 is 5.73 Å². The molecule has 0 aliphatic heterocycles. The second kappa shape index (κ2) is 6.82. The van der Waals surface area contributed by atoms with Crippen molar-refractivity contribution in [1.29, 1.82) is 0 Å². The predicted octanol–water partition coefficient (Wildman–Crippen LogP) is 1.34. The van der Waals surface area contributed by atoms with Gasteiger partial charge in [-0.15, -0.1) is 0 Å². The molecule has 0 saturated heterocycles. The van der Waals surface area contributed by atoms with E-state index in [0.717, 1.165) is 5.56 Å². The largest absolute Gasteiger partial charge is 0.321 e. The van der Waals surface area contributed by atoms with Crippen molar-refractivity contribution in [2.75, 3.05) is 5.75 Å². The Morgan fingerprint density at radius 3 is 2.32 bits per heavy atom. The van der Waals surface area contributed by atoms with Crippen molar-refractivity contribution in [3.05, 3.63) is 35.9 Å². The van der Waals surface area contributed by atoms with E-state index in [2.05, 4.69) is 0 Å². The van der Waals surface area contributed by atoms with Gasteiger partial charge in [-0.3, -0.25) is 4.79 Å². The van der Waals surface area contributed by atoms with E-state index in [4.69, 9.17) is 5.73 Å². The van der Waals surface area contributed by atoms with E-state index in [0.29, 0.717) is 6.42 Å². The van der Waals surface area contributed by atoms with Gasteiger partial charge in [-0.25, -0.2) is 8.42 Å². The molecule has 0 spiro atoms. The van der Waals surface area contributed by atoms with Crippen LogP contribution in [0.15, 0.2) is 30.3 Å². The minimum Gasteiger partial charge on any atom is -0.321 e. The van der Waals surface area contributed by atoms with Crippen LogP contribution in [0.2, 0.25) is 0 Å². The van der Waals surface area contributed by atoms with Crippen LogP contribution in [-0.2, 0) is 21.1 Å². The lowest BCUT2D eigenvalue weighted by Crippen LogP contribution is -2.34. The van der Waals surface area contributed by atoms with Gasteiger partial charge in [-0.1, -0.05) is 30.3 Å². The lowest BCUT2D eigenvalue weighted by Gasteiger charge is -2.12. The van der Waals surface area contributed by atoms with Crippen LogP contribution in [0.3, 0.4) is 0 Å². The van der Waals surface area contributed by atoms with Crippen LogP contribution in [0, 0.1) is 0 Å². The molecule has 1 aromatic carbocycles. The highest BCUT2D eigenvalue weighted by Gasteiger charge is 2.20. The van der Waals surface area contributed by atoms with Gasteiger partial charge >= 0.3 is 0 Å². The third-order valence-corrected chi connectivity index (χ3v) is 5.27. The standard InChI is InChI=1S/C14H21NO3S/c1-11(2)19(17,18)9-8-14(16)13(15)10-12-6-4-3-5-7-12/h3-7,11,13H,8-10,15H2,1-2H3. The lowest BCUT2D eigenvalue weighted by molar-refractivity contribution is -0.119. The smallest absolute Gasteiger partial charge is 0.153 e. The zero-order valence-electron chi connectivity index (χ0n) is 11.4. The molecule has 5 heteroatoms. The highest BCUT2D eigenvalue weighted by atomic mass is 32.2. The summed E-state index contributed by atoms with van der Waals surface area (Å²) < 4.78 is 23.2. The first-order chi connectivity index (χ1) is 8.83. The lowest BCUT2D eigenvalue weighted by atomic mass is 10.0. The van der Waals surface area contributed by atoms with Crippen LogP contribution in [0.5, 0.6) is 0 Å². The molecule has 19 heavy (non-hydrogen) atoms. The minimum atomic E-state index is -3.18. The Bertz CT molecular complexity index is 509. The Kier molecular flexibility index (Phi) is 5.69. The second-order valence-corrected chi connectivity index (χ2v) is 7.61. The summed E-state index contributed by atoms with van der Waals surface area (Å²) in [5.74, 6) is -0.320. The molecule has 0 fully saturated rings. The van der Waals surface area contributed by atoms with Gasteiger partial charge in [0.1, 0.15) is 0 Å². The number of hydrogen-bond donors (Lipinski definition) is 1. The second-order valence-electron chi connectivity index (χ2n) is 4.93. The normalized spacial score (nSPS) is 13.5. The zero-order chi connectivity index (χ0) is 14.5. The topological polar surface area (TPSA) is 77.2 Å². The number of Topliss-reactive ketones (excluding diaryl/α,β-unsaturated/α-hetero) is 1. The van der Waals surface area contributed by atoms with Crippen molar-refractivity contribution >= 4 is 15.6 Å². The van der Waals surface area contributed by atoms with Crippen molar-refractivity contribution in [2.24, 2.45) is 5.73 Å². The Hall–Kier alpha value is -1.20. The Labute approximate surface area is 114 Å². The molecule has 0 amide bonds. The summed E-state index contributed by atoms with van der Waals surface area (Å²) in [5, 5.41) is -0.453. The summed E-state index contributed by atoms with van der Waals surface area (Å²) in [6.45, 7) is 3.23. The number of rotatable bonds is 7. The monoisotopic (exact) mass is 283 g/mol. The average molecular weight is 283 g/mol. The quantitative estimate of drug-likeness (QED) is 0.819. The maximum absolute atomic E-state index is 11.8. The first kappa shape index (κ1) is 15.9. The number of ketones is 1. The van der Waals surface area contributed by atoms with Crippen LogP contribution in [0.25, 0.3) is 0 Å². The van der Waals surface area contributed by atoms with Crippen molar-refractivity contribution in [3.8, 4) is 0 Å². The molecule has 0 aliphatic carbocycles. The summed E-state index contributed by atoms with van der Waals surface area (Å²) >= 11 is 0. The van der Waals surface area contributed by atoms with Crippen molar-refractivity contribution in [1.82, 2.24) is 0 Å². The summed E-state index contributed by atoms with van der Waals surface area (Å²) in [6.07, 6.45) is 0.440. The van der Waals surface area contributed by atoms with Crippen LogP contribution in [0.1, 0.15) is 25.8 Å². The number of carbonyl (C=O) groups excluding carboxylic acids is 1. The fraction of sp³-hybridized carbons (Fsp3) is 0.500. The zero-order valence-corrected chi connectivity index (χ0v) is 12.2. The molecule has 1 aromatic rings. The molecule has 0 bridgehead atoms. The molecule has 4 nitrogen and oxygen atoms in total. The van der Waals surface area contributed by atoms with Crippen LogP contribution in [0.4, 0.5) is 0 Å². The van der Waals surface area contributed by atoms with E-state index in [1.165, 1.54) is 0 Å². The van der Waals surface area contributed by atoms with Gasteiger partial charge in [0, 0.05) is 6.42 Å². The fourth-order valence-electron chi connectivity index (χ4n) is 1.65. The van der Waals surface area contributed by atoms with E-state index in [9.17, 15) is 13.2 Å². The highest BCUT2D eigenvalue weighted by Crippen LogP contribution is 2.07. The SMILES string of the molecule is CC(C)S(=O)(=O)CCC(=O)C(N)Cc1ccccc1. The van der Waals surface area contributed by atoms with Gasteiger partial charge in [0.15, 0.2) is 15.6 Å². The summed E-state index contributed by atoms with van der Waals surface area (Å²) in [6, 6.07) is 8.83. The first-order valence-electron chi connectivity index (χ1n) is 6.36. The molecule has 106 valence electrons. The molecule has 1 atom stereocenters. The molecule has 2 N–H and O–H groups in total. The molecule has 0 aromatic heterocycles. The Morgan fingerprint density at radius 1 is 1.21 bits per heavy atom. The van der Waals surface area contributed by atoms with Crippen LogP contribution >= 0.6 is 0 Å². The molecule has 0 aliphatic rings. The molecular weight excluding hydrogens is 262 g/mol. The summed E-state index contributed by atoms with van der Waals surface area (Å²) in [7, 11) is -3.18. The highest BCUT2D eigenvalue weighted by molar-refractivity contribution is 7.91. The van der Waals surface area contributed by atoms with Crippen molar-refractivity contribution in [2.45, 2.75) is 38.0 Å². The van der Waals surface area contributed by atoms with Gasteiger partial charge in [0.25, 0.3) is 0 Å². The number of hydrogen-bond acceptors (Lipinski definition) is 4. The molecular formula is C14H21NO3S. The number of benzene rings is 1. The molecule has 0 radical (unpaired) electrons. The maximum atomic E-state index is 11.8. The molecule has 0 saturated carbocycles. The van der Waals surface area contributed by atoms with E-state index < -0.39 is 21.1 Å². The summed E-state index contributed by atoms with van der Waals surface area (Å²) in [4.78, 5) is 11.8. The molecule has 1 rings (SSSR count). The van der Waals surface area contributed by atoms with E-state index in [-0.39, 0.29) is 18.0 Å². The Balaban J connectivity index is 2.50. The van der Waals surface area contributed by atoms with Crippen molar-refractivity contribution in [3.63, 3.8) is 0 Å². The van der Waals surface area contributed by atoms with Gasteiger partial charge in [0.2, 0.25) is 0 Å². The average Bonchev–Trinajstić information content (AvgIpc) is 2.37. The number of carbonyl (C=O) groups is 1. The van der Waals surface area contributed by atoms with E-state index >= 15 is 0 Å². The maximum Gasteiger partial charge on any atom is 0.153 e. The number of sulfone groups is 1. The molecule has 1 unspecified atom stereocenters. The van der Waals surface area contributed by atoms with Crippen molar-refractivity contribution < 1.29 is 13.2 Å².